The smallest absolute Gasteiger partial charge is 0.137 e. The Morgan fingerprint density at radius 3 is 3.21 bits per heavy atom. The lowest BCUT2D eigenvalue weighted by molar-refractivity contribution is 0.317. The van der Waals surface area contributed by atoms with Gasteiger partial charge in [-0.25, -0.2) is 4.98 Å². The average molecular weight is 256 g/mol. The zero-order chi connectivity index (χ0) is 12.7. The van der Waals surface area contributed by atoms with E-state index in [9.17, 15) is 0 Å². The zero-order valence-corrected chi connectivity index (χ0v) is 11.1. The molecule has 1 atom stereocenters. The van der Waals surface area contributed by atoms with Crippen LogP contribution < -0.4 is 5.32 Å². The predicted octanol–water partition coefficient (Wildman–Crippen LogP) is 1.89. The Labute approximate surface area is 113 Å². The van der Waals surface area contributed by atoms with Crippen molar-refractivity contribution in [2.75, 3.05) is 13.1 Å². The van der Waals surface area contributed by atoms with Crippen LogP contribution in [0.2, 0.25) is 0 Å². The normalized spacial score (nSPS) is 24.3. The van der Waals surface area contributed by atoms with Crippen molar-refractivity contribution in [1.29, 1.82) is 0 Å². The standard InChI is InChI=1S/C15H20N4/c1-2-14-11(9-18-15(14)16-6-1)8-17-12-5-7-19(10-12)13-3-4-13/h1-2,6,9,12-13,17H,3-5,7-8,10H2,(H,16,18). The number of nitrogens with zero attached hydrogens (tertiary/aromatic N) is 2. The third kappa shape index (κ3) is 2.26. The van der Waals surface area contributed by atoms with E-state index in [1.807, 2.05) is 12.3 Å². The maximum absolute atomic E-state index is 4.33. The van der Waals surface area contributed by atoms with Crippen LogP contribution in [0.25, 0.3) is 11.0 Å². The number of rotatable bonds is 4. The number of H-pyrrole nitrogens is 1. The highest BCUT2D eigenvalue weighted by molar-refractivity contribution is 5.79. The van der Waals surface area contributed by atoms with E-state index in [4.69, 9.17) is 0 Å². The van der Waals surface area contributed by atoms with E-state index in [0.29, 0.717) is 6.04 Å². The summed E-state index contributed by atoms with van der Waals surface area (Å²) in [5.74, 6) is 0. The number of pyridine rings is 1. The monoisotopic (exact) mass is 256 g/mol. The molecule has 0 radical (unpaired) electrons. The molecule has 4 nitrogen and oxygen atoms in total. The molecule has 0 spiro atoms. The largest absolute Gasteiger partial charge is 0.346 e. The van der Waals surface area contributed by atoms with Crippen LogP contribution in [-0.4, -0.2) is 40.0 Å². The second-order valence-electron chi connectivity index (χ2n) is 5.81. The summed E-state index contributed by atoms with van der Waals surface area (Å²) in [6.45, 7) is 3.44. The topological polar surface area (TPSA) is 44.0 Å². The van der Waals surface area contributed by atoms with Gasteiger partial charge in [0, 0.05) is 49.5 Å². The molecule has 1 aliphatic heterocycles. The van der Waals surface area contributed by atoms with Crippen molar-refractivity contribution >= 4 is 11.0 Å². The van der Waals surface area contributed by atoms with Crippen LogP contribution in [0.1, 0.15) is 24.8 Å². The SMILES string of the molecule is c1cnc2[nH]cc(CNC3CCN(C4CC4)C3)c2c1. The highest BCUT2D eigenvalue weighted by Crippen LogP contribution is 2.29. The van der Waals surface area contributed by atoms with Gasteiger partial charge in [0.1, 0.15) is 5.65 Å². The summed E-state index contributed by atoms with van der Waals surface area (Å²) in [5, 5.41) is 4.94. The Bertz CT molecular complexity index is 572. The third-order valence-corrected chi connectivity index (χ3v) is 4.40. The van der Waals surface area contributed by atoms with Crippen LogP contribution in [0.5, 0.6) is 0 Å². The summed E-state index contributed by atoms with van der Waals surface area (Å²) in [6.07, 6.45) is 8.04. The molecule has 4 rings (SSSR count). The number of fused-ring (bicyclic) bond motifs is 1. The predicted molar refractivity (Wildman–Crippen MR) is 75.9 cm³/mol. The molecule has 1 saturated carbocycles. The van der Waals surface area contributed by atoms with Crippen molar-refractivity contribution in [3.05, 3.63) is 30.1 Å². The van der Waals surface area contributed by atoms with Gasteiger partial charge in [0.25, 0.3) is 0 Å². The Hall–Kier alpha value is -1.39. The van der Waals surface area contributed by atoms with Gasteiger partial charge in [-0.1, -0.05) is 0 Å². The molecule has 1 aliphatic carbocycles. The molecule has 4 heteroatoms. The zero-order valence-electron chi connectivity index (χ0n) is 11.1. The number of aromatic amines is 1. The molecule has 2 aromatic heterocycles. The van der Waals surface area contributed by atoms with Crippen molar-refractivity contribution in [2.45, 2.75) is 37.9 Å². The first-order valence-electron chi connectivity index (χ1n) is 7.28. The molecule has 0 amide bonds. The summed E-state index contributed by atoms with van der Waals surface area (Å²) >= 11 is 0. The van der Waals surface area contributed by atoms with Gasteiger partial charge in [0.15, 0.2) is 0 Å². The van der Waals surface area contributed by atoms with Gasteiger partial charge in [0.2, 0.25) is 0 Å². The van der Waals surface area contributed by atoms with Crippen LogP contribution in [0, 0.1) is 0 Å². The lowest BCUT2D eigenvalue weighted by atomic mass is 10.2. The molecule has 1 unspecified atom stereocenters. The molecule has 2 aliphatic rings. The van der Waals surface area contributed by atoms with Crippen molar-refractivity contribution in [3.63, 3.8) is 0 Å². The Morgan fingerprint density at radius 2 is 2.32 bits per heavy atom. The Balaban J connectivity index is 1.39. The molecule has 2 N–H and O–H groups in total. The minimum Gasteiger partial charge on any atom is -0.346 e. The lowest BCUT2D eigenvalue weighted by Crippen LogP contribution is -2.32. The van der Waals surface area contributed by atoms with Crippen molar-refractivity contribution in [1.82, 2.24) is 20.2 Å². The summed E-state index contributed by atoms with van der Waals surface area (Å²) in [5.41, 5.74) is 2.32. The number of hydrogen-bond acceptors (Lipinski definition) is 3. The van der Waals surface area contributed by atoms with Gasteiger partial charge < -0.3 is 10.3 Å². The first-order chi connectivity index (χ1) is 9.40. The van der Waals surface area contributed by atoms with E-state index in [2.05, 4.69) is 32.4 Å². The van der Waals surface area contributed by atoms with Crippen LogP contribution in [0.3, 0.4) is 0 Å². The summed E-state index contributed by atoms with van der Waals surface area (Å²) in [7, 11) is 0. The molecular weight excluding hydrogens is 236 g/mol. The van der Waals surface area contributed by atoms with Crippen LogP contribution in [0.15, 0.2) is 24.5 Å². The van der Waals surface area contributed by atoms with Gasteiger partial charge in [-0.15, -0.1) is 0 Å². The second kappa shape index (κ2) is 4.62. The molecule has 3 heterocycles. The Kier molecular flexibility index (Phi) is 2.78. The summed E-state index contributed by atoms with van der Waals surface area (Å²) < 4.78 is 0. The second-order valence-corrected chi connectivity index (χ2v) is 5.81. The van der Waals surface area contributed by atoms with Crippen molar-refractivity contribution in [3.8, 4) is 0 Å². The molecule has 100 valence electrons. The van der Waals surface area contributed by atoms with E-state index >= 15 is 0 Å². The number of likely N-dealkylation sites (tertiary alicyclic amines) is 1. The summed E-state index contributed by atoms with van der Waals surface area (Å²) in [4.78, 5) is 10.2. The molecule has 2 fully saturated rings. The molecule has 19 heavy (non-hydrogen) atoms. The van der Waals surface area contributed by atoms with E-state index in [1.54, 1.807) is 0 Å². The van der Waals surface area contributed by atoms with Crippen LogP contribution in [0.4, 0.5) is 0 Å². The molecular formula is C15H20N4. The van der Waals surface area contributed by atoms with E-state index in [1.165, 1.54) is 43.3 Å². The van der Waals surface area contributed by atoms with E-state index < -0.39 is 0 Å². The molecule has 0 bridgehead atoms. The van der Waals surface area contributed by atoms with Crippen molar-refractivity contribution < 1.29 is 0 Å². The van der Waals surface area contributed by atoms with Gasteiger partial charge >= 0.3 is 0 Å². The lowest BCUT2D eigenvalue weighted by Gasteiger charge is -2.15. The first-order valence-corrected chi connectivity index (χ1v) is 7.28. The first kappa shape index (κ1) is 11.4. The van der Waals surface area contributed by atoms with Crippen LogP contribution in [-0.2, 0) is 6.54 Å². The highest BCUT2D eigenvalue weighted by atomic mass is 15.2. The highest BCUT2D eigenvalue weighted by Gasteiger charge is 2.34. The number of aromatic nitrogens is 2. The average Bonchev–Trinajstić information content (AvgIpc) is 3.05. The number of hydrogen-bond donors (Lipinski definition) is 2. The van der Waals surface area contributed by atoms with Gasteiger partial charge in [-0.05, 0) is 37.0 Å². The van der Waals surface area contributed by atoms with Gasteiger partial charge in [0.05, 0.1) is 0 Å². The Morgan fingerprint density at radius 1 is 1.37 bits per heavy atom. The third-order valence-electron chi connectivity index (χ3n) is 4.40. The maximum atomic E-state index is 4.33. The number of nitrogens with one attached hydrogen (secondary N) is 2. The molecule has 2 aromatic rings. The van der Waals surface area contributed by atoms with E-state index in [-0.39, 0.29) is 0 Å². The van der Waals surface area contributed by atoms with Gasteiger partial charge in [-0.2, -0.15) is 0 Å². The minimum absolute atomic E-state index is 0.655. The fourth-order valence-electron chi connectivity index (χ4n) is 3.14. The molecule has 1 saturated heterocycles. The van der Waals surface area contributed by atoms with E-state index in [0.717, 1.165) is 18.2 Å². The fraction of sp³-hybridized carbons (Fsp3) is 0.533. The van der Waals surface area contributed by atoms with Crippen molar-refractivity contribution in [2.24, 2.45) is 0 Å². The quantitative estimate of drug-likeness (QED) is 0.878. The molecule has 0 aromatic carbocycles. The summed E-state index contributed by atoms with van der Waals surface area (Å²) in [6, 6.07) is 5.71. The maximum Gasteiger partial charge on any atom is 0.137 e. The van der Waals surface area contributed by atoms with Gasteiger partial charge in [-0.3, -0.25) is 4.90 Å². The fourth-order valence-corrected chi connectivity index (χ4v) is 3.14. The minimum atomic E-state index is 0.655. The van der Waals surface area contributed by atoms with Crippen LogP contribution >= 0.6 is 0 Å².